The molecule has 3 saturated carbocycles. The number of benzene rings is 1. The van der Waals surface area contributed by atoms with Gasteiger partial charge in [0.15, 0.2) is 11.6 Å². The van der Waals surface area contributed by atoms with Crippen LogP contribution < -0.4 is 0 Å². The quantitative estimate of drug-likeness (QED) is 0.601. The maximum absolute atomic E-state index is 13.4. The number of allylic oxidation sites excluding steroid dienone is 2. The van der Waals surface area contributed by atoms with Gasteiger partial charge in [0.05, 0.1) is 10.8 Å². The number of Topliss-reactive ketones (excluding diaryl/α,β-unsaturated/α-hetero) is 1. The number of ketones is 2. The molecular formula is C26H30O3S. The van der Waals surface area contributed by atoms with E-state index in [0.717, 1.165) is 49.0 Å². The fourth-order valence-corrected chi connectivity index (χ4v) is 8.11. The fourth-order valence-electron chi connectivity index (χ4n) is 7.09. The Hall–Kier alpha value is -1.81. The topological polar surface area (TPSA) is 51.2 Å². The molecule has 1 aromatic carbocycles. The number of carbonyl (C=O) groups excluding carboxylic acids is 2. The van der Waals surface area contributed by atoms with Gasteiger partial charge in [-0.3, -0.25) is 9.59 Å². The molecule has 0 bridgehead atoms. The van der Waals surface area contributed by atoms with Crippen molar-refractivity contribution in [1.29, 1.82) is 0 Å². The number of rotatable bonds is 2. The lowest BCUT2D eigenvalue weighted by atomic mass is 9.47. The molecule has 3 nitrogen and oxygen atoms in total. The fraction of sp³-hybridized carbons (Fsp3) is 0.538. The van der Waals surface area contributed by atoms with E-state index >= 15 is 0 Å². The lowest BCUT2D eigenvalue weighted by Gasteiger charge is -2.56. The van der Waals surface area contributed by atoms with Crippen molar-refractivity contribution in [3.63, 3.8) is 0 Å². The van der Waals surface area contributed by atoms with Gasteiger partial charge in [-0.1, -0.05) is 37.6 Å². The van der Waals surface area contributed by atoms with Crippen LogP contribution in [0.4, 0.5) is 0 Å². The van der Waals surface area contributed by atoms with Gasteiger partial charge >= 0.3 is 0 Å². The molecule has 1 unspecified atom stereocenters. The molecule has 0 aromatic heterocycles. The molecule has 0 heterocycles. The first-order chi connectivity index (χ1) is 14.3. The molecule has 4 aliphatic rings. The molecule has 4 heteroatoms. The van der Waals surface area contributed by atoms with Crippen LogP contribution in [-0.2, 0) is 20.4 Å². The van der Waals surface area contributed by atoms with E-state index in [1.807, 2.05) is 36.4 Å². The number of fused-ring (bicyclic) bond motifs is 5. The highest BCUT2D eigenvalue weighted by molar-refractivity contribution is 7.88. The van der Waals surface area contributed by atoms with Crippen molar-refractivity contribution in [2.75, 3.05) is 0 Å². The largest absolute Gasteiger partial charge is 0.295 e. The van der Waals surface area contributed by atoms with Crippen LogP contribution in [0.2, 0.25) is 0 Å². The Kier molecular flexibility index (Phi) is 4.77. The number of carbonyl (C=O) groups is 2. The summed E-state index contributed by atoms with van der Waals surface area (Å²) in [6.07, 6.45) is 8.32. The summed E-state index contributed by atoms with van der Waals surface area (Å²) in [4.78, 5) is 26.2. The van der Waals surface area contributed by atoms with Crippen molar-refractivity contribution in [2.45, 2.75) is 63.7 Å². The Bertz CT molecular complexity index is 991. The molecule has 6 atom stereocenters. The van der Waals surface area contributed by atoms with Gasteiger partial charge in [-0.25, -0.2) is 4.21 Å². The SMILES string of the molecule is C[C@]12CCC(=O)C=C1CC[C@@H]1[C@H]2CC[C@]2(C)C(=O)C(=CS(=O)c3ccccc3)C[C@@H]12. The van der Waals surface area contributed by atoms with Gasteiger partial charge in [-0.2, -0.15) is 0 Å². The van der Waals surface area contributed by atoms with Gasteiger partial charge < -0.3 is 0 Å². The van der Waals surface area contributed by atoms with Crippen LogP contribution in [0.1, 0.15) is 58.8 Å². The second-order valence-corrected chi connectivity index (χ2v) is 11.5. The van der Waals surface area contributed by atoms with Crippen molar-refractivity contribution in [3.8, 4) is 0 Å². The van der Waals surface area contributed by atoms with Gasteiger partial charge in [0.1, 0.15) is 0 Å². The maximum atomic E-state index is 13.4. The summed E-state index contributed by atoms with van der Waals surface area (Å²) in [5, 5.41) is 1.73. The summed E-state index contributed by atoms with van der Waals surface area (Å²) in [7, 11) is -1.28. The first-order valence-electron chi connectivity index (χ1n) is 11.3. The third-order valence-electron chi connectivity index (χ3n) is 8.83. The minimum Gasteiger partial charge on any atom is -0.295 e. The molecular weight excluding hydrogens is 392 g/mol. The first kappa shape index (κ1) is 20.1. The van der Waals surface area contributed by atoms with E-state index in [1.54, 1.807) is 5.41 Å². The van der Waals surface area contributed by atoms with Crippen LogP contribution in [0.15, 0.2) is 57.9 Å². The zero-order chi connectivity index (χ0) is 21.1. The normalized spacial score (nSPS) is 40.4. The molecule has 5 rings (SSSR count). The Morgan fingerprint density at radius 1 is 0.967 bits per heavy atom. The second-order valence-electron chi connectivity index (χ2n) is 10.2. The van der Waals surface area contributed by atoms with Crippen LogP contribution in [-0.4, -0.2) is 15.8 Å². The van der Waals surface area contributed by atoms with Crippen molar-refractivity contribution in [1.82, 2.24) is 0 Å². The van der Waals surface area contributed by atoms with E-state index in [9.17, 15) is 13.8 Å². The van der Waals surface area contributed by atoms with E-state index < -0.39 is 10.8 Å². The molecule has 0 saturated heterocycles. The highest BCUT2D eigenvalue weighted by Gasteiger charge is 2.60. The second kappa shape index (κ2) is 7.12. The van der Waals surface area contributed by atoms with Crippen molar-refractivity contribution in [3.05, 3.63) is 53.0 Å². The molecule has 30 heavy (non-hydrogen) atoms. The summed E-state index contributed by atoms with van der Waals surface area (Å²) in [5.74, 6) is 1.90. The third-order valence-corrected chi connectivity index (χ3v) is 10.1. The van der Waals surface area contributed by atoms with Gasteiger partial charge in [-0.05, 0) is 79.9 Å². The molecule has 158 valence electrons. The van der Waals surface area contributed by atoms with Crippen LogP contribution in [0.25, 0.3) is 0 Å². The smallest absolute Gasteiger partial charge is 0.165 e. The van der Waals surface area contributed by atoms with Gasteiger partial charge in [0.2, 0.25) is 0 Å². The molecule has 0 radical (unpaired) electrons. The lowest BCUT2D eigenvalue weighted by molar-refractivity contribution is -0.130. The summed E-state index contributed by atoms with van der Waals surface area (Å²) < 4.78 is 12.9. The Morgan fingerprint density at radius 2 is 1.73 bits per heavy atom. The van der Waals surface area contributed by atoms with Crippen molar-refractivity contribution >= 4 is 22.4 Å². The average Bonchev–Trinajstić information content (AvgIpc) is 3.00. The average molecular weight is 423 g/mol. The minimum absolute atomic E-state index is 0.112. The molecule has 0 N–H and O–H groups in total. The maximum Gasteiger partial charge on any atom is 0.165 e. The summed E-state index contributed by atoms with van der Waals surface area (Å²) >= 11 is 0. The van der Waals surface area contributed by atoms with E-state index in [-0.39, 0.29) is 22.4 Å². The summed E-state index contributed by atoms with van der Waals surface area (Å²) in [6, 6.07) is 9.40. The van der Waals surface area contributed by atoms with Crippen LogP contribution in [0, 0.1) is 28.6 Å². The highest BCUT2D eigenvalue weighted by atomic mass is 32.2. The molecule has 3 fully saturated rings. The lowest BCUT2D eigenvalue weighted by Crippen LogP contribution is -2.50. The Morgan fingerprint density at radius 3 is 2.50 bits per heavy atom. The standard InChI is InChI=1S/C26H30O3S/c1-25-12-10-19(27)15-18(25)8-9-21-22(25)11-13-26(2)23(21)14-17(24(26)28)16-30(29)20-6-4-3-5-7-20/h3-7,15-16,21-23H,8-14H2,1-2H3/t21-,22-,23+,25+,26+,30?/m1/s1. The summed E-state index contributed by atoms with van der Waals surface area (Å²) in [6.45, 7) is 4.52. The zero-order valence-electron chi connectivity index (χ0n) is 17.9. The molecule has 0 amide bonds. The highest BCUT2D eigenvalue weighted by Crippen LogP contribution is 2.65. The number of hydrogen-bond acceptors (Lipinski definition) is 3. The van der Waals surface area contributed by atoms with E-state index in [2.05, 4.69) is 13.8 Å². The molecule has 1 aromatic rings. The minimum atomic E-state index is -1.28. The molecule has 0 aliphatic heterocycles. The first-order valence-corrected chi connectivity index (χ1v) is 12.5. The monoisotopic (exact) mass is 422 g/mol. The Labute approximate surface area is 181 Å². The summed E-state index contributed by atoms with van der Waals surface area (Å²) in [5.41, 5.74) is 1.92. The van der Waals surface area contributed by atoms with Crippen LogP contribution in [0.3, 0.4) is 0 Å². The van der Waals surface area contributed by atoms with Crippen molar-refractivity contribution < 1.29 is 13.8 Å². The number of hydrogen-bond donors (Lipinski definition) is 0. The predicted octanol–water partition coefficient (Wildman–Crippen LogP) is 5.39. The predicted molar refractivity (Wildman–Crippen MR) is 118 cm³/mol. The molecule has 4 aliphatic carbocycles. The van der Waals surface area contributed by atoms with Gasteiger partial charge in [0, 0.05) is 27.7 Å². The van der Waals surface area contributed by atoms with E-state index in [0.29, 0.717) is 24.2 Å². The zero-order valence-corrected chi connectivity index (χ0v) is 18.7. The van der Waals surface area contributed by atoms with Crippen LogP contribution in [0.5, 0.6) is 0 Å². The van der Waals surface area contributed by atoms with E-state index in [1.165, 1.54) is 5.57 Å². The van der Waals surface area contributed by atoms with Gasteiger partial charge in [-0.15, -0.1) is 0 Å². The van der Waals surface area contributed by atoms with Crippen molar-refractivity contribution in [2.24, 2.45) is 28.6 Å². The van der Waals surface area contributed by atoms with E-state index in [4.69, 9.17) is 0 Å². The Balaban J connectivity index is 1.45. The third kappa shape index (κ3) is 2.94. The van der Waals surface area contributed by atoms with Crippen LogP contribution >= 0.6 is 0 Å². The molecule has 0 spiro atoms. The van der Waals surface area contributed by atoms with Gasteiger partial charge in [0.25, 0.3) is 0 Å².